The van der Waals surface area contributed by atoms with Gasteiger partial charge < -0.3 is 10.2 Å². The van der Waals surface area contributed by atoms with Crippen LogP contribution >= 0.6 is 34.5 Å². The van der Waals surface area contributed by atoms with Crippen LogP contribution in [0.4, 0.5) is 5.13 Å². The van der Waals surface area contributed by atoms with Gasteiger partial charge in [0.25, 0.3) is 5.24 Å². The predicted molar refractivity (Wildman–Crippen MR) is 75.0 cm³/mol. The van der Waals surface area contributed by atoms with Gasteiger partial charge in [-0.05, 0) is 11.6 Å². The minimum Gasteiger partial charge on any atom is -0.391 e. The Labute approximate surface area is 123 Å². The lowest BCUT2D eigenvalue weighted by Crippen LogP contribution is -2.14. The van der Waals surface area contributed by atoms with Crippen molar-refractivity contribution in [2.75, 3.05) is 17.8 Å². The molecular formula is C10H9Cl2N3O3S. The van der Waals surface area contributed by atoms with E-state index in [0.717, 1.165) is 11.3 Å². The molecule has 1 aromatic heterocycles. The van der Waals surface area contributed by atoms with Gasteiger partial charge in [0, 0.05) is 5.38 Å². The molecule has 102 valence electrons. The number of rotatable bonds is 7. The van der Waals surface area contributed by atoms with Gasteiger partial charge in [-0.25, -0.2) is 4.98 Å². The zero-order valence-electron chi connectivity index (χ0n) is 9.56. The van der Waals surface area contributed by atoms with Gasteiger partial charge in [0.1, 0.15) is 18.2 Å². The van der Waals surface area contributed by atoms with E-state index in [1.54, 1.807) is 0 Å². The molecule has 6 nitrogen and oxygen atoms in total. The van der Waals surface area contributed by atoms with Crippen molar-refractivity contribution < 1.29 is 14.4 Å². The molecule has 0 aliphatic heterocycles. The molecule has 0 fully saturated rings. The normalized spacial score (nSPS) is 10.9. The molecule has 0 saturated carbocycles. The number of alkyl halides is 1. The number of nitrogens with zero attached hydrogens (tertiary/aromatic N) is 2. The number of carbonyl (C=O) groups excluding carboxylic acids is 2. The number of hydrogen-bond acceptors (Lipinski definition) is 6. The average molecular weight is 322 g/mol. The maximum absolute atomic E-state index is 11.2. The average Bonchev–Trinajstić information content (AvgIpc) is 2.82. The molecule has 1 aromatic rings. The summed E-state index contributed by atoms with van der Waals surface area (Å²) in [6.07, 6.45) is 1.47. The van der Waals surface area contributed by atoms with Gasteiger partial charge in [0.2, 0.25) is 5.91 Å². The maximum Gasteiger partial charge on any atom is 0.276 e. The Bertz CT molecular complexity index is 516. The molecule has 1 rings (SSSR count). The van der Waals surface area contributed by atoms with Gasteiger partial charge in [0.05, 0.1) is 0 Å². The van der Waals surface area contributed by atoms with Crippen LogP contribution in [0.2, 0.25) is 0 Å². The van der Waals surface area contributed by atoms with Crippen molar-refractivity contribution >= 4 is 56.5 Å². The molecule has 1 amide bonds. The van der Waals surface area contributed by atoms with Gasteiger partial charge in [-0.1, -0.05) is 17.8 Å². The van der Waals surface area contributed by atoms with Gasteiger partial charge in [-0.2, -0.15) is 0 Å². The molecule has 0 saturated heterocycles. The molecule has 9 heteroatoms. The molecule has 0 unspecified atom stereocenters. The first-order valence-corrected chi connectivity index (χ1v) is 6.70. The lowest BCUT2D eigenvalue weighted by Gasteiger charge is -1.98. The van der Waals surface area contributed by atoms with Crippen molar-refractivity contribution in [3.63, 3.8) is 0 Å². The Morgan fingerprint density at radius 3 is 2.95 bits per heavy atom. The van der Waals surface area contributed by atoms with E-state index in [2.05, 4.69) is 22.0 Å². The highest BCUT2D eigenvalue weighted by molar-refractivity contribution is 7.14. The molecule has 1 heterocycles. The minimum atomic E-state index is -0.815. The van der Waals surface area contributed by atoms with E-state index in [9.17, 15) is 9.59 Å². The van der Waals surface area contributed by atoms with E-state index in [4.69, 9.17) is 28.0 Å². The van der Waals surface area contributed by atoms with E-state index >= 15 is 0 Å². The molecule has 0 spiro atoms. The Balaban J connectivity index is 2.86. The highest BCUT2D eigenvalue weighted by atomic mass is 35.5. The number of oxime groups is 1. The Morgan fingerprint density at radius 1 is 1.63 bits per heavy atom. The second kappa shape index (κ2) is 7.88. The maximum atomic E-state index is 11.2. The monoisotopic (exact) mass is 321 g/mol. The lowest BCUT2D eigenvalue weighted by molar-refractivity contribution is -0.114. The topological polar surface area (TPSA) is 80.6 Å². The largest absolute Gasteiger partial charge is 0.391 e. The first-order valence-electron chi connectivity index (χ1n) is 4.91. The Hall–Kier alpha value is -1.44. The molecule has 0 aromatic carbocycles. The SMILES string of the molecule is C=CCON=C(C(=O)Cl)c1csc(NC(=O)CCl)n1. The third-order valence-corrected chi connectivity index (χ3v) is 2.83. The number of hydrogen-bond donors (Lipinski definition) is 1. The molecule has 1 N–H and O–H groups in total. The summed E-state index contributed by atoms with van der Waals surface area (Å²) < 4.78 is 0. The summed E-state index contributed by atoms with van der Waals surface area (Å²) in [6.45, 7) is 3.57. The molecule has 19 heavy (non-hydrogen) atoms. The summed E-state index contributed by atoms with van der Waals surface area (Å²) in [5, 5.41) is 6.99. The summed E-state index contributed by atoms with van der Waals surface area (Å²) >= 11 is 11.8. The predicted octanol–water partition coefficient (Wildman–Crippen LogP) is 1.99. The van der Waals surface area contributed by atoms with E-state index in [0.29, 0.717) is 0 Å². The second-order valence-corrected chi connectivity index (χ2v) is 4.49. The molecule has 0 bridgehead atoms. The van der Waals surface area contributed by atoms with Crippen LogP contribution in [0.1, 0.15) is 5.69 Å². The van der Waals surface area contributed by atoms with Crippen LogP contribution in [0.15, 0.2) is 23.2 Å². The summed E-state index contributed by atoms with van der Waals surface area (Å²) in [4.78, 5) is 31.1. The van der Waals surface area contributed by atoms with Gasteiger partial charge in [-0.3, -0.25) is 9.59 Å². The van der Waals surface area contributed by atoms with Crippen molar-refractivity contribution in [3.8, 4) is 0 Å². The first kappa shape index (κ1) is 15.6. The molecule has 0 atom stereocenters. The fourth-order valence-electron chi connectivity index (χ4n) is 0.930. The summed E-state index contributed by atoms with van der Waals surface area (Å²) in [5.41, 5.74) is 0.0603. The second-order valence-electron chi connectivity index (χ2n) is 3.02. The highest BCUT2D eigenvalue weighted by Gasteiger charge is 2.17. The van der Waals surface area contributed by atoms with Crippen LogP contribution in [0.3, 0.4) is 0 Å². The summed E-state index contributed by atoms with van der Waals surface area (Å²) in [6, 6.07) is 0. The van der Waals surface area contributed by atoms with Crippen LogP contribution in [0.25, 0.3) is 0 Å². The Morgan fingerprint density at radius 2 is 2.37 bits per heavy atom. The minimum absolute atomic E-state index is 0.133. The van der Waals surface area contributed by atoms with Crippen LogP contribution < -0.4 is 5.32 Å². The van der Waals surface area contributed by atoms with Crippen molar-refractivity contribution in [1.29, 1.82) is 0 Å². The van der Waals surface area contributed by atoms with Crippen molar-refractivity contribution in [2.24, 2.45) is 5.16 Å². The van der Waals surface area contributed by atoms with Gasteiger partial charge in [0.15, 0.2) is 10.8 Å². The fraction of sp³-hybridized carbons (Fsp3) is 0.200. The van der Waals surface area contributed by atoms with Gasteiger partial charge >= 0.3 is 0 Å². The Kier molecular flexibility index (Phi) is 6.48. The van der Waals surface area contributed by atoms with E-state index in [1.165, 1.54) is 11.5 Å². The number of anilines is 1. The lowest BCUT2D eigenvalue weighted by atomic mass is 10.3. The zero-order chi connectivity index (χ0) is 14.3. The van der Waals surface area contributed by atoms with E-state index in [-0.39, 0.29) is 29.0 Å². The van der Waals surface area contributed by atoms with Crippen LogP contribution in [0.5, 0.6) is 0 Å². The molecular weight excluding hydrogens is 313 g/mol. The van der Waals surface area contributed by atoms with Crippen LogP contribution in [0, 0.1) is 0 Å². The molecule has 0 aliphatic carbocycles. The number of halogens is 2. The van der Waals surface area contributed by atoms with E-state index < -0.39 is 11.1 Å². The number of carbonyl (C=O) groups is 2. The number of thiazole rings is 1. The van der Waals surface area contributed by atoms with Crippen LogP contribution in [-0.4, -0.2) is 34.3 Å². The fourth-order valence-corrected chi connectivity index (χ4v) is 1.84. The third kappa shape index (κ3) is 4.98. The van der Waals surface area contributed by atoms with E-state index in [1.807, 2.05) is 0 Å². The number of aromatic nitrogens is 1. The standard InChI is InChI=1S/C10H9Cl2N3O3S/c1-2-3-18-15-8(9(12)17)6-5-19-10(13-6)14-7(16)4-11/h2,5H,1,3-4H2,(H,13,14,16). The number of amides is 1. The highest BCUT2D eigenvalue weighted by Crippen LogP contribution is 2.17. The molecule has 0 radical (unpaired) electrons. The summed E-state index contributed by atoms with van der Waals surface area (Å²) in [5.74, 6) is -0.589. The van der Waals surface area contributed by atoms with Gasteiger partial charge in [-0.15, -0.1) is 22.9 Å². The third-order valence-electron chi connectivity index (χ3n) is 1.65. The van der Waals surface area contributed by atoms with Crippen molar-refractivity contribution in [1.82, 2.24) is 4.98 Å². The smallest absolute Gasteiger partial charge is 0.276 e. The first-order chi connectivity index (χ1) is 9.08. The molecule has 0 aliphatic rings. The van der Waals surface area contributed by atoms with Crippen molar-refractivity contribution in [2.45, 2.75) is 0 Å². The number of nitrogens with one attached hydrogen (secondary N) is 1. The summed E-state index contributed by atoms with van der Waals surface area (Å²) in [7, 11) is 0. The van der Waals surface area contributed by atoms with Crippen LogP contribution in [-0.2, 0) is 14.4 Å². The zero-order valence-corrected chi connectivity index (χ0v) is 11.9. The van der Waals surface area contributed by atoms with Crippen molar-refractivity contribution in [3.05, 3.63) is 23.7 Å². The quantitative estimate of drug-likeness (QED) is 0.208.